The van der Waals surface area contributed by atoms with Crippen LogP contribution in [0.4, 0.5) is 5.69 Å². The van der Waals surface area contributed by atoms with Crippen LogP contribution in [-0.4, -0.2) is 52.0 Å². The van der Waals surface area contributed by atoms with Gasteiger partial charge < -0.3 is 9.64 Å². The first-order valence-corrected chi connectivity index (χ1v) is 10.7. The van der Waals surface area contributed by atoms with E-state index in [2.05, 4.69) is 40.6 Å². The average Bonchev–Trinajstić information content (AvgIpc) is 2.55. The van der Waals surface area contributed by atoms with E-state index in [-0.39, 0.29) is 18.4 Å². The zero-order chi connectivity index (χ0) is 18.9. The molecule has 1 aromatic heterocycles. The SMILES string of the molecule is COCCS(=O)(=O)NC1CN(c2ccc(C(C)C)c3cc(Cl)ncc23)C1. The van der Waals surface area contributed by atoms with E-state index in [0.717, 1.165) is 16.5 Å². The molecule has 1 aliphatic rings. The number of methoxy groups -OCH3 is 1. The van der Waals surface area contributed by atoms with Gasteiger partial charge in [-0.15, -0.1) is 0 Å². The fourth-order valence-electron chi connectivity index (χ4n) is 3.26. The zero-order valence-corrected chi connectivity index (χ0v) is 16.8. The molecule has 26 heavy (non-hydrogen) atoms. The minimum Gasteiger partial charge on any atom is -0.384 e. The van der Waals surface area contributed by atoms with Crippen molar-refractivity contribution in [3.63, 3.8) is 0 Å². The number of fused-ring (bicyclic) bond motifs is 1. The molecule has 0 atom stereocenters. The Morgan fingerprint density at radius 1 is 1.35 bits per heavy atom. The first-order chi connectivity index (χ1) is 12.3. The second kappa shape index (κ2) is 7.68. The summed E-state index contributed by atoms with van der Waals surface area (Å²) in [6.07, 6.45) is 1.80. The van der Waals surface area contributed by atoms with E-state index in [0.29, 0.717) is 24.2 Å². The van der Waals surface area contributed by atoms with Crippen LogP contribution in [0.5, 0.6) is 0 Å². The lowest BCUT2D eigenvalue weighted by Crippen LogP contribution is -2.59. The Morgan fingerprint density at radius 3 is 2.73 bits per heavy atom. The molecule has 0 spiro atoms. The molecule has 1 fully saturated rings. The quantitative estimate of drug-likeness (QED) is 0.727. The van der Waals surface area contributed by atoms with Crippen LogP contribution >= 0.6 is 11.6 Å². The summed E-state index contributed by atoms with van der Waals surface area (Å²) >= 11 is 6.10. The van der Waals surface area contributed by atoms with Crippen LogP contribution in [0.15, 0.2) is 24.4 Å². The minimum atomic E-state index is -3.31. The molecule has 8 heteroatoms. The molecule has 2 aromatic rings. The number of anilines is 1. The van der Waals surface area contributed by atoms with E-state index in [1.165, 1.54) is 12.7 Å². The van der Waals surface area contributed by atoms with Crippen LogP contribution in [-0.2, 0) is 14.8 Å². The Labute approximate surface area is 159 Å². The number of hydrogen-bond acceptors (Lipinski definition) is 5. The van der Waals surface area contributed by atoms with Crippen molar-refractivity contribution in [2.45, 2.75) is 25.8 Å². The number of halogens is 1. The maximum Gasteiger partial charge on any atom is 0.214 e. The summed E-state index contributed by atoms with van der Waals surface area (Å²) in [5.74, 6) is 0.357. The molecule has 0 amide bonds. The van der Waals surface area contributed by atoms with Gasteiger partial charge in [0.15, 0.2) is 0 Å². The molecule has 0 unspecified atom stereocenters. The third-order valence-electron chi connectivity index (χ3n) is 4.62. The van der Waals surface area contributed by atoms with Crippen molar-refractivity contribution >= 4 is 38.1 Å². The average molecular weight is 398 g/mol. The highest BCUT2D eigenvalue weighted by Crippen LogP contribution is 2.35. The van der Waals surface area contributed by atoms with Crippen LogP contribution in [0.1, 0.15) is 25.3 Å². The normalized spacial score (nSPS) is 15.7. The molecule has 3 rings (SSSR count). The monoisotopic (exact) mass is 397 g/mol. The molecule has 2 heterocycles. The van der Waals surface area contributed by atoms with E-state index in [1.807, 2.05) is 6.07 Å². The number of sulfonamides is 1. The van der Waals surface area contributed by atoms with E-state index in [1.54, 1.807) is 6.20 Å². The van der Waals surface area contributed by atoms with Crippen molar-refractivity contribution in [1.29, 1.82) is 0 Å². The molecule has 1 saturated heterocycles. The standard InChI is InChI=1S/C18H24ClN3O3S/c1-12(2)14-4-5-17(16-9-20-18(19)8-15(14)16)22-10-13(11-22)21-26(23,24)7-6-25-3/h4-5,8-9,12-13,21H,6-7,10-11H2,1-3H3. The summed E-state index contributed by atoms with van der Waals surface area (Å²) in [4.78, 5) is 6.39. The fourth-order valence-corrected chi connectivity index (χ4v) is 4.57. The molecule has 6 nitrogen and oxygen atoms in total. The lowest BCUT2D eigenvalue weighted by Gasteiger charge is -2.41. The maximum atomic E-state index is 12.0. The van der Waals surface area contributed by atoms with Crippen LogP contribution in [0.25, 0.3) is 10.8 Å². The van der Waals surface area contributed by atoms with Crippen molar-refractivity contribution in [1.82, 2.24) is 9.71 Å². The molecule has 142 valence electrons. The van der Waals surface area contributed by atoms with Gasteiger partial charge in [0.25, 0.3) is 0 Å². The number of ether oxygens (including phenoxy) is 1. The molecular formula is C18H24ClN3O3S. The number of nitrogens with one attached hydrogen (secondary N) is 1. The predicted octanol–water partition coefficient (Wildman–Crippen LogP) is 2.77. The Kier molecular flexibility index (Phi) is 5.72. The highest BCUT2D eigenvalue weighted by Gasteiger charge is 2.31. The van der Waals surface area contributed by atoms with Gasteiger partial charge in [0.05, 0.1) is 18.4 Å². The third kappa shape index (κ3) is 4.11. The van der Waals surface area contributed by atoms with Gasteiger partial charge in [-0.05, 0) is 29.0 Å². The lowest BCUT2D eigenvalue weighted by atomic mass is 9.95. The van der Waals surface area contributed by atoms with Crippen molar-refractivity contribution in [2.75, 3.05) is 37.5 Å². The highest BCUT2D eigenvalue weighted by molar-refractivity contribution is 7.89. The molecule has 0 aliphatic carbocycles. The van der Waals surface area contributed by atoms with Gasteiger partial charge >= 0.3 is 0 Å². The zero-order valence-electron chi connectivity index (χ0n) is 15.2. The topological polar surface area (TPSA) is 71.5 Å². The second-order valence-corrected chi connectivity index (χ2v) is 9.17. The fraction of sp³-hybridized carbons (Fsp3) is 0.500. The molecule has 0 saturated carbocycles. The number of nitrogens with zero attached hydrogens (tertiary/aromatic N) is 2. The van der Waals surface area contributed by atoms with Crippen LogP contribution < -0.4 is 9.62 Å². The van der Waals surface area contributed by atoms with Crippen molar-refractivity contribution in [3.8, 4) is 0 Å². The first-order valence-electron chi connectivity index (χ1n) is 8.63. The molecule has 0 bridgehead atoms. The van der Waals surface area contributed by atoms with E-state index in [9.17, 15) is 8.42 Å². The van der Waals surface area contributed by atoms with Gasteiger partial charge in [-0.25, -0.2) is 18.1 Å². The summed E-state index contributed by atoms with van der Waals surface area (Å²) < 4.78 is 31.5. The summed E-state index contributed by atoms with van der Waals surface area (Å²) in [6, 6.07) is 6.02. The summed E-state index contributed by atoms with van der Waals surface area (Å²) in [7, 11) is -1.81. The molecule has 1 N–H and O–H groups in total. The maximum absolute atomic E-state index is 12.0. The van der Waals surface area contributed by atoms with E-state index in [4.69, 9.17) is 16.3 Å². The van der Waals surface area contributed by atoms with Crippen LogP contribution in [0.2, 0.25) is 5.15 Å². The van der Waals surface area contributed by atoms with Gasteiger partial charge in [-0.1, -0.05) is 31.5 Å². The lowest BCUT2D eigenvalue weighted by molar-refractivity contribution is 0.216. The van der Waals surface area contributed by atoms with Gasteiger partial charge in [0.2, 0.25) is 10.0 Å². The van der Waals surface area contributed by atoms with Gasteiger partial charge in [0, 0.05) is 37.5 Å². The van der Waals surface area contributed by atoms with E-state index < -0.39 is 10.0 Å². The van der Waals surface area contributed by atoms with Crippen LogP contribution in [0.3, 0.4) is 0 Å². The summed E-state index contributed by atoms with van der Waals surface area (Å²) in [5.41, 5.74) is 2.28. The van der Waals surface area contributed by atoms with Gasteiger partial charge in [0.1, 0.15) is 5.15 Å². The van der Waals surface area contributed by atoms with E-state index >= 15 is 0 Å². The van der Waals surface area contributed by atoms with Crippen molar-refractivity contribution in [2.24, 2.45) is 0 Å². The number of hydrogen-bond donors (Lipinski definition) is 1. The number of benzene rings is 1. The Hall–Kier alpha value is -1.41. The highest BCUT2D eigenvalue weighted by atomic mass is 35.5. The Balaban J connectivity index is 1.78. The van der Waals surface area contributed by atoms with Crippen molar-refractivity contribution in [3.05, 3.63) is 35.1 Å². The third-order valence-corrected chi connectivity index (χ3v) is 6.23. The summed E-state index contributed by atoms with van der Waals surface area (Å²) in [6.45, 7) is 5.75. The Bertz CT molecular complexity index is 896. The van der Waals surface area contributed by atoms with Crippen LogP contribution in [0, 0.1) is 0 Å². The van der Waals surface area contributed by atoms with Crippen molar-refractivity contribution < 1.29 is 13.2 Å². The predicted molar refractivity (Wildman–Crippen MR) is 106 cm³/mol. The molecule has 1 aliphatic heterocycles. The molecular weight excluding hydrogens is 374 g/mol. The number of rotatable bonds is 7. The molecule has 1 aromatic carbocycles. The number of aromatic nitrogens is 1. The second-order valence-electron chi connectivity index (χ2n) is 6.91. The summed E-state index contributed by atoms with van der Waals surface area (Å²) in [5, 5.41) is 2.62. The Morgan fingerprint density at radius 2 is 2.08 bits per heavy atom. The molecule has 0 radical (unpaired) electrons. The number of pyridine rings is 1. The van der Waals surface area contributed by atoms with Gasteiger partial charge in [-0.2, -0.15) is 0 Å². The smallest absolute Gasteiger partial charge is 0.214 e. The van der Waals surface area contributed by atoms with Gasteiger partial charge in [-0.3, -0.25) is 0 Å². The first kappa shape index (κ1) is 19.4. The largest absolute Gasteiger partial charge is 0.384 e. The minimum absolute atomic E-state index is 0.0194.